The van der Waals surface area contributed by atoms with Gasteiger partial charge in [-0.1, -0.05) is 11.6 Å². The smallest absolute Gasteiger partial charge is 0.314 e. The molecule has 0 spiro atoms. The van der Waals surface area contributed by atoms with Gasteiger partial charge in [0.25, 0.3) is 0 Å². The Labute approximate surface area is 113 Å². The summed E-state index contributed by atoms with van der Waals surface area (Å²) < 4.78 is 36.7. The zero-order valence-corrected chi connectivity index (χ0v) is 11.3. The van der Waals surface area contributed by atoms with Crippen LogP contribution >= 0.6 is 0 Å². The molecule has 0 aromatic carbocycles. The predicted octanol–water partition coefficient (Wildman–Crippen LogP) is 3.10. The molecular formula is C14H23F3N2. The van der Waals surface area contributed by atoms with Crippen LogP contribution in [0.4, 0.5) is 13.2 Å². The predicted molar refractivity (Wildman–Crippen MR) is 70.1 cm³/mol. The summed E-state index contributed by atoms with van der Waals surface area (Å²) in [7, 11) is 0. The Bertz CT molecular complexity index is 304. The number of halogens is 3. The van der Waals surface area contributed by atoms with Gasteiger partial charge in [-0.3, -0.25) is 4.90 Å². The average Bonchev–Trinajstić information content (AvgIpc) is 2.82. The van der Waals surface area contributed by atoms with Crippen molar-refractivity contribution < 1.29 is 13.2 Å². The first-order valence-corrected chi connectivity index (χ1v) is 7.23. The Kier molecular flexibility index (Phi) is 5.28. The summed E-state index contributed by atoms with van der Waals surface area (Å²) in [6, 6.07) is 0.395. The van der Waals surface area contributed by atoms with E-state index in [-0.39, 0.29) is 0 Å². The maximum atomic E-state index is 12.2. The van der Waals surface area contributed by atoms with Crippen LogP contribution in [-0.2, 0) is 0 Å². The summed E-state index contributed by atoms with van der Waals surface area (Å²) in [5.41, 5.74) is 1.54. The SMILES string of the molecule is FC(F)(F)CN1CCC(NCCC2=CCCC2)CC1. The van der Waals surface area contributed by atoms with E-state index in [4.69, 9.17) is 0 Å². The minimum absolute atomic E-state index is 0.395. The standard InChI is InChI=1S/C14H23F3N2/c15-14(16,17)11-19-9-6-13(7-10-19)18-8-5-12-3-1-2-4-12/h3,13,18H,1-2,4-11H2. The van der Waals surface area contributed by atoms with E-state index in [1.165, 1.54) is 24.2 Å². The monoisotopic (exact) mass is 276 g/mol. The van der Waals surface area contributed by atoms with Crippen LogP contribution in [0.15, 0.2) is 11.6 Å². The molecule has 1 saturated heterocycles. The summed E-state index contributed by atoms with van der Waals surface area (Å²) in [4.78, 5) is 1.51. The number of piperidine rings is 1. The molecule has 1 heterocycles. The summed E-state index contributed by atoms with van der Waals surface area (Å²) in [6.45, 7) is 1.32. The van der Waals surface area contributed by atoms with Crippen LogP contribution in [-0.4, -0.2) is 43.3 Å². The average molecular weight is 276 g/mol. The topological polar surface area (TPSA) is 15.3 Å². The minimum Gasteiger partial charge on any atom is -0.314 e. The molecule has 2 nitrogen and oxygen atoms in total. The van der Waals surface area contributed by atoms with Crippen molar-refractivity contribution in [3.8, 4) is 0 Å². The van der Waals surface area contributed by atoms with Crippen molar-refractivity contribution in [1.29, 1.82) is 0 Å². The number of hydrogen-bond donors (Lipinski definition) is 1. The van der Waals surface area contributed by atoms with E-state index in [9.17, 15) is 13.2 Å². The van der Waals surface area contributed by atoms with Crippen molar-refractivity contribution in [2.45, 2.75) is 50.7 Å². The molecule has 1 aliphatic heterocycles. The fraction of sp³-hybridized carbons (Fsp3) is 0.857. The van der Waals surface area contributed by atoms with E-state index < -0.39 is 12.7 Å². The Morgan fingerprint density at radius 1 is 1.26 bits per heavy atom. The van der Waals surface area contributed by atoms with Gasteiger partial charge in [0.2, 0.25) is 0 Å². The van der Waals surface area contributed by atoms with Crippen LogP contribution in [0.5, 0.6) is 0 Å². The van der Waals surface area contributed by atoms with Crippen molar-refractivity contribution in [3.63, 3.8) is 0 Å². The second kappa shape index (κ2) is 6.75. The Morgan fingerprint density at radius 3 is 2.58 bits per heavy atom. The molecule has 2 rings (SSSR count). The highest BCUT2D eigenvalue weighted by atomic mass is 19.4. The molecule has 19 heavy (non-hydrogen) atoms. The molecular weight excluding hydrogens is 253 g/mol. The molecule has 5 heteroatoms. The summed E-state index contributed by atoms with van der Waals surface area (Å²) in [5.74, 6) is 0. The van der Waals surface area contributed by atoms with Crippen LogP contribution in [0.1, 0.15) is 38.5 Å². The third-order valence-corrected chi connectivity index (χ3v) is 4.00. The summed E-state index contributed by atoms with van der Waals surface area (Å²) >= 11 is 0. The van der Waals surface area contributed by atoms with E-state index in [1.54, 1.807) is 5.57 Å². The first kappa shape index (κ1) is 14.9. The van der Waals surface area contributed by atoms with E-state index in [0.29, 0.717) is 19.1 Å². The summed E-state index contributed by atoms with van der Waals surface area (Å²) in [6.07, 6.45) is 4.75. The van der Waals surface area contributed by atoms with Crippen LogP contribution in [0.3, 0.4) is 0 Å². The molecule has 0 radical (unpaired) electrons. The number of nitrogens with one attached hydrogen (secondary N) is 1. The minimum atomic E-state index is -4.06. The number of hydrogen-bond acceptors (Lipinski definition) is 2. The van der Waals surface area contributed by atoms with Crippen molar-refractivity contribution in [2.75, 3.05) is 26.2 Å². The molecule has 0 unspecified atom stereocenters. The van der Waals surface area contributed by atoms with Crippen molar-refractivity contribution in [2.24, 2.45) is 0 Å². The van der Waals surface area contributed by atoms with Crippen molar-refractivity contribution in [3.05, 3.63) is 11.6 Å². The molecule has 1 aliphatic carbocycles. The molecule has 0 aromatic rings. The van der Waals surface area contributed by atoms with Gasteiger partial charge in [0.05, 0.1) is 6.54 Å². The molecule has 0 aromatic heterocycles. The summed E-state index contributed by atoms with van der Waals surface area (Å²) in [5, 5.41) is 3.48. The van der Waals surface area contributed by atoms with Crippen LogP contribution in [0.2, 0.25) is 0 Å². The quantitative estimate of drug-likeness (QED) is 0.776. The second-order valence-electron chi connectivity index (χ2n) is 5.62. The zero-order valence-electron chi connectivity index (χ0n) is 11.3. The highest BCUT2D eigenvalue weighted by Crippen LogP contribution is 2.21. The van der Waals surface area contributed by atoms with Gasteiger partial charge < -0.3 is 5.32 Å². The Hall–Kier alpha value is -0.550. The number of likely N-dealkylation sites (tertiary alicyclic amines) is 1. The maximum absolute atomic E-state index is 12.2. The van der Waals surface area contributed by atoms with Crippen LogP contribution in [0.25, 0.3) is 0 Å². The van der Waals surface area contributed by atoms with Gasteiger partial charge in [-0.05, 0) is 58.2 Å². The van der Waals surface area contributed by atoms with E-state index >= 15 is 0 Å². The van der Waals surface area contributed by atoms with Crippen molar-refractivity contribution >= 4 is 0 Å². The number of rotatable bonds is 5. The van der Waals surface area contributed by atoms with E-state index in [0.717, 1.165) is 25.8 Å². The Balaban J connectivity index is 1.58. The van der Waals surface area contributed by atoms with Gasteiger partial charge in [0.15, 0.2) is 0 Å². The third-order valence-electron chi connectivity index (χ3n) is 4.00. The van der Waals surface area contributed by atoms with E-state index in [2.05, 4.69) is 11.4 Å². The number of nitrogens with zero attached hydrogens (tertiary/aromatic N) is 1. The van der Waals surface area contributed by atoms with Gasteiger partial charge in [-0.25, -0.2) is 0 Å². The lowest BCUT2D eigenvalue weighted by atomic mass is 10.0. The zero-order chi connectivity index (χ0) is 13.7. The van der Waals surface area contributed by atoms with Gasteiger partial charge in [0, 0.05) is 6.04 Å². The highest BCUT2D eigenvalue weighted by Gasteiger charge is 2.32. The lowest BCUT2D eigenvalue weighted by molar-refractivity contribution is -0.148. The molecule has 0 saturated carbocycles. The number of alkyl halides is 3. The molecule has 110 valence electrons. The van der Waals surface area contributed by atoms with Crippen LogP contribution < -0.4 is 5.32 Å². The molecule has 0 amide bonds. The molecule has 1 fully saturated rings. The normalized spacial score (nSPS) is 22.8. The first-order valence-electron chi connectivity index (χ1n) is 7.23. The van der Waals surface area contributed by atoms with Gasteiger partial charge >= 0.3 is 6.18 Å². The van der Waals surface area contributed by atoms with E-state index in [1.807, 2.05) is 0 Å². The van der Waals surface area contributed by atoms with Crippen molar-refractivity contribution in [1.82, 2.24) is 10.2 Å². The highest BCUT2D eigenvalue weighted by molar-refractivity contribution is 5.07. The largest absolute Gasteiger partial charge is 0.401 e. The Morgan fingerprint density at radius 2 is 2.00 bits per heavy atom. The lowest BCUT2D eigenvalue weighted by Gasteiger charge is -2.32. The van der Waals surface area contributed by atoms with Gasteiger partial charge in [0.1, 0.15) is 0 Å². The van der Waals surface area contributed by atoms with Gasteiger partial charge in [-0.15, -0.1) is 0 Å². The second-order valence-corrected chi connectivity index (χ2v) is 5.62. The molecule has 2 aliphatic rings. The number of allylic oxidation sites excluding steroid dienone is 1. The third kappa shape index (κ3) is 5.53. The maximum Gasteiger partial charge on any atom is 0.401 e. The lowest BCUT2D eigenvalue weighted by Crippen LogP contribution is -2.45. The molecule has 0 bridgehead atoms. The van der Waals surface area contributed by atoms with Gasteiger partial charge in [-0.2, -0.15) is 13.2 Å². The molecule has 0 atom stereocenters. The fourth-order valence-corrected chi connectivity index (χ4v) is 2.95. The fourth-order valence-electron chi connectivity index (χ4n) is 2.95. The molecule has 1 N–H and O–H groups in total. The first-order chi connectivity index (χ1) is 9.03. The van der Waals surface area contributed by atoms with Crippen LogP contribution in [0, 0.1) is 0 Å².